The van der Waals surface area contributed by atoms with Crippen molar-refractivity contribution in [3.05, 3.63) is 83.0 Å². The molecule has 0 saturated heterocycles. The maximum absolute atomic E-state index is 12.7. The molecule has 0 atom stereocenters. The molecule has 0 aliphatic rings. The number of ether oxygens (including phenoxy) is 3. The zero-order chi connectivity index (χ0) is 21.9. The molecule has 0 saturated carbocycles. The number of benzene rings is 2. The molecule has 0 fully saturated rings. The van der Waals surface area contributed by atoms with Crippen LogP contribution in [0, 0.1) is 0 Å². The lowest BCUT2D eigenvalue weighted by molar-refractivity contribution is 0.104. The molecule has 30 heavy (non-hydrogen) atoms. The van der Waals surface area contributed by atoms with Crippen LogP contribution in [-0.2, 0) is 0 Å². The van der Waals surface area contributed by atoms with Gasteiger partial charge in [0, 0.05) is 11.1 Å². The van der Waals surface area contributed by atoms with Crippen LogP contribution < -0.4 is 14.2 Å². The number of rotatable bonds is 10. The number of allylic oxidation sites excluding steroid dienone is 3. The molecule has 0 radical (unpaired) electrons. The molecule has 0 aliphatic heterocycles. The van der Waals surface area contributed by atoms with Gasteiger partial charge in [-0.05, 0) is 76.3 Å². The highest BCUT2D eigenvalue weighted by Gasteiger charge is 2.10. The Morgan fingerprint density at radius 1 is 0.833 bits per heavy atom. The van der Waals surface area contributed by atoms with Crippen molar-refractivity contribution in [1.82, 2.24) is 0 Å². The first-order chi connectivity index (χ1) is 14.4. The molecule has 0 bridgehead atoms. The third-order valence-electron chi connectivity index (χ3n) is 4.24. The van der Waals surface area contributed by atoms with Gasteiger partial charge in [-0.2, -0.15) is 0 Å². The number of hydrogen-bond donors (Lipinski definition) is 0. The Hall–Kier alpha value is -3.27. The van der Waals surface area contributed by atoms with Gasteiger partial charge >= 0.3 is 0 Å². The minimum Gasteiger partial charge on any atom is -0.493 e. The second kappa shape index (κ2) is 11.7. The number of carbonyl (C=O) groups is 1. The summed E-state index contributed by atoms with van der Waals surface area (Å²) in [4.78, 5) is 12.7. The van der Waals surface area contributed by atoms with Crippen molar-refractivity contribution in [2.24, 2.45) is 0 Å². The summed E-state index contributed by atoms with van der Waals surface area (Å²) in [5, 5.41) is 0. The number of methoxy groups -OCH3 is 1. The fourth-order valence-electron chi connectivity index (χ4n) is 2.55. The summed E-state index contributed by atoms with van der Waals surface area (Å²) in [6.07, 6.45) is 7.31. The molecule has 0 aromatic heterocycles. The smallest absolute Gasteiger partial charge is 0.185 e. The standard InChI is InChI=1S/C26H30O4/c1-19(2)14-16-29-24-9-7-6-8-21(24)10-12-23(27)22-11-13-25(26(18-22)28-5)30-17-15-20(3)4/h6-15,18H,16-17H2,1-5H3. The van der Waals surface area contributed by atoms with Gasteiger partial charge in [-0.1, -0.05) is 29.3 Å². The van der Waals surface area contributed by atoms with Gasteiger partial charge in [0.1, 0.15) is 19.0 Å². The van der Waals surface area contributed by atoms with E-state index in [1.807, 2.05) is 64.1 Å². The molecule has 4 nitrogen and oxygen atoms in total. The van der Waals surface area contributed by atoms with E-state index in [4.69, 9.17) is 14.2 Å². The fraction of sp³-hybridized carbons (Fsp3) is 0.269. The van der Waals surface area contributed by atoms with Crippen LogP contribution in [0.1, 0.15) is 43.6 Å². The summed E-state index contributed by atoms with van der Waals surface area (Å²) < 4.78 is 16.9. The van der Waals surface area contributed by atoms with Gasteiger partial charge in [-0.15, -0.1) is 0 Å². The maximum Gasteiger partial charge on any atom is 0.185 e. The highest BCUT2D eigenvalue weighted by atomic mass is 16.5. The second-order valence-electron chi connectivity index (χ2n) is 7.29. The third-order valence-corrected chi connectivity index (χ3v) is 4.24. The van der Waals surface area contributed by atoms with E-state index in [2.05, 4.69) is 0 Å². The van der Waals surface area contributed by atoms with Gasteiger partial charge in [0.2, 0.25) is 0 Å². The Bertz CT molecular complexity index is 943. The summed E-state index contributed by atoms with van der Waals surface area (Å²) in [7, 11) is 1.56. The summed E-state index contributed by atoms with van der Waals surface area (Å²) in [5.41, 5.74) is 3.75. The van der Waals surface area contributed by atoms with Crippen LogP contribution in [0.25, 0.3) is 6.08 Å². The highest BCUT2D eigenvalue weighted by molar-refractivity contribution is 6.07. The molecule has 4 heteroatoms. The van der Waals surface area contributed by atoms with E-state index in [0.29, 0.717) is 30.3 Å². The van der Waals surface area contributed by atoms with Crippen LogP contribution in [0.3, 0.4) is 0 Å². The average molecular weight is 407 g/mol. The first-order valence-electron chi connectivity index (χ1n) is 9.92. The Kier molecular flexibility index (Phi) is 8.95. The highest BCUT2D eigenvalue weighted by Crippen LogP contribution is 2.29. The molecule has 2 rings (SSSR count). The third kappa shape index (κ3) is 7.28. The van der Waals surface area contributed by atoms with Crippen molar-refractivity contribution >= 4 is 11.9 Å². The van der Waals surface area contributed by atoms with E-state index in [9.17, 15) is 4.79 Å². The predicted octanol–water partition coefficient (Wildman–Crippen LogP) is 6.28. The molecular formula is C26H30O4. The second-order valence-corrected chi connectivity index (χ2v) is 7.29. The molecule has 158 valence electrons. The van der Waals surface area contributed by atoms with Crippen LogP contribution in [0.4, 0.5) is 0 Å². The lowest BCUT2D eigenvalue weighted by atomic mass is 10.1. The molecule has 0 aliphatic carbocycles. The largest absolute Gasteiger partial charge is 0.493 e. The number of ketones is 1. The van der Waals surface area contributed by atoms with Crippen LogP contribution in [0.2, 0.25) is 0 Å². The fourth-order valence-corrected chi connectivity index (χ4v) is 2.55. The summed E-state index contributed by atoms with van der Waals surface area (Å²) in [5.74, 6) is 1.75. The normalized spacial score (nSPS) is 10.4. The molecule has 0 unspecified atom stereocenters. The number of hydrogen-bond acceptors (Lipinski definition) is 4. The van der Waals surface area contributed by atoms with Gasteiger partial charge in [-0.25, -0.2) is 0 Å². The molecule has 0 amide bonds. The van der Waals surface area contributed by atoms with Crippen molar-refractivity contribution in [1.29, 1.82) is 0 Å². The van der Waals surface area contributed by atoms with Crippen molar-refractivity contribution in [2.45, 2.75) is 27.7 Å². The Labute approximate surface area is 179 Å². The van der Waals surface area contributed by atoms with Gasteiger partial charge < -0.3 is 14.2 Å². The van der Waals surface area contributed by atoms with E-state index in [1.54, 1.807) is 37.5 Å². The Balaban J connectivity index is 2.13. The molecule has 0 heterocycles. The van der Waals surface area contributed by atoms with Gasteiger partial charge in [0.05, 0.1) is 7.11 Å². The van der Waals surface area contributed by atoms with Crippen molar-refractivity contribution in [3.8, 4) is 17.2 Å². The molecule has 0 N–H and O–H groups in total. The van der Waals surface area contributed by atoms with E-state index >= 15 is 0 Å². The quantitative estimate of drug-likeness (QED) is 0.265. The van der Waals surface area contributed by atoms with Crippen LogP contribution in [-0.4, -0.2) is 26.1 Å². The van der Waals surface area contributed by atoms with E-state index in [-0.39, 0.29) is 5.78 Å². The van der Waals surface area contributed by atoms with Crippen LogP contribution in [0.15, 0.2) is 71.8 Å². The lowest BCUT2D eigenvalue weighted by Gasteiger charge is -2.10. The topological polar surface area (TPSA) is 44.8 Å². The molecule has 0 spiro atoms. The SMILES string of the molecule is COc1cc(C(=O)C=Cc2ccccc2OCC=C(C)C)ccc1OCC=C(C)C. The zero-order valence-electron chi connectivity index (χ0n) is 18.4. The van der Waals surface area contributed by atoms with Crippen LogP contribution >= 0.6 is 0 Å². The Morgan fingerprint density at radius 3 is 2.10 bits per heavy atom. The monoisotopic (exact) mass is 406 g/mol. The maximum atomic E-state index is 12.7. The summed E-state index contributed by atoms with van der Waals surface area (Å²) in [6.45, 7) is 9.03. The van der Waals surface area contributed by atoms with E-state index in [0.717, 1.165) is 11.3 Å². The van der Waals surface area contributed by atoms with Gasteiger partial charge in [0.15, 0.2) is 17.3 Å². The first kappa shape index (κ1) is 23.0. The minimum atomic E-state index is -0.122. The van der Waals surface area contributed by atoms with Crippen molar-refractivity contribution in [3.63, 3.8) is 0 Å². The number of para-hydroxylation sites is 1. The number of carbonyl (C=O) groups excluding carboxylic acids is 1. The lowest BCUT2D eigenvalue weighted by Crippen LogP contribution is -2.00. The molecule has 2 aromatic rings. The van der Waals surface area contributed by atoms with E-state index < -0.39 is 0 Å². The van der Waals surface area contributed by atoms with Gasteiger partial charge in [-0.3, -0.25) is 4.79 Å². The average Bonchev–Trinajstić information content (AvgIpc) is 2.72. The Morgan fingerprint density at radius 2 is 1.47 bits per heavy atom. The van der Waals surface area contributed by atoms with Crippen molar-refractivity contribution in [2.75, 3.05) is 20.3 Å². The minimum absolute atomic E-state index is 0.122. The predicted molar refractivity (Wildman–Crippen MR) is 123 cm³/mol. The van der Waals surface area contributed by atoms with Gasteiger partial charge in [0.25, 0.3) is 0 Å². The first-order valence-corrected chi connectivity index (χ1v) is 9.92. The van der Waals surface area contributed by atoms with E-state index in [1.165, 1.54) is 11.1 Å². The zero-order valence-corrected chi connectivity index (χ0v) is 18.4. The van der Waals surface area contributed by atoms with Crippen molar-refractivity contribution < 1.29 is 19.0 Å². The summed E-state index contributed by atoms with van der Waals surface area (Å²) >= 11 is 0. The van der Waals surface area contributed by atoms with Crippen LogP contribution in [0.5, 0.6) is 17.2 Å². The summed E-state index contributed by atoms with van der Waals surface area (Å²) in [6, 6.07) is 12.8. The molecular weight excluding hydrogens is 376 g/mol. The molecule has 2 aromatic carbocycles.